The second-order valence-electron chi connectivity index (χ2n) is 11.8. The molecule has 2 amide bonds. The number of hydrogen-bond acceptors (Lipinski definition) is 10. The van der Waals surface area contributed by atoms with E-state index in [1.165, 1.54) is 29.6 Å². The van der Waals surface area contributed by atoms with Crippen LogP contribution in [0.5, 0.6) is 5.75 Å². The van der Waals surface area contributed by atoms with E-state index in [4.69, 9.17) is 9.57 Å². The standard InChI is InChI=1S/C33H38F2N8O4/c1-4-32(44)39-25-16-26(29(46-3)17-28(25)41-8-5-24(6-9-41)42-11-10-40(2)33(45)19-42)38-30-18-31(37-20-36-30)43-27(7-12-47-43)21-13-22(34)15-23(35)14-21/h4,13-18,20,24,27H,1,5-12,19H2,2-3H3,(H,39,44)(H,36,37,38)/t27-/m1/s1. The Labute approximate surface area is 271 Å². The molecule has 0 saturated carbocycles. The van der Waals surface area contributed by atoms with Gasteiger partial charge in [0.05, 0.1) is 43.4 Å². The van der Waals surface area contributed by atoms with Crippen LogP contribution in [0.2, 0.25) is 0 Å². The van der Waals surface area contributed by atoms with Crippen molar-refractivity contribution in [2.75, 3.05) is 74.1 Å². The fourth-order valence-electron chi connectivity index (χ4n) is 6.38. The van der Waals surface area contributed by atoms with Crippen molar-refractivity contribution in [1.29, 1.82) is 0 Å². The molecule has 1 atom stereocenters. The van der Waals surface area contributed by atoms with Crippen molar-refractivity contribution in [3.63, 3.8) is 0 Å². The van der Waals surface area contributed by atoms with E-state index in [2.05, 4.69) is 37.0 Å². The third kappa shape index (κ3) is 7.13. The number of ether oxygens (including phenoxy) is 1. The maximum Gasteiger partial charge on any atom is 0.247 e. The Morgan fingerprint density at radius 1 is 1.02 bits per heavy atom. The predicted octanol–water partition coefficient (Wildman–Crippen LogP) is 4.26. The summed E-state index contributed by atoms with van der Waals surface area (Å²) in [5.74, 6) is -0.214. The largest absolute Gasteiger partial charge is 0.494 e. The monoisotopic (exact) mass is 648 g/mol. The van der Waals surface area contributed by atoms with Crippen LogP contribution in [-0.4, -0.2) is 91.1 Å². The number of piperazine rings is 1. The zero-order valence-electron chi connectivity index (χ0n) is 26.4. The second-order valence-corrected chi connectivity index (χ2v) is 11.8. The van der Waals surface area contributed by atoms with E-state index in [1.54, 1.807) is 24.1 Å². The summed E-state index contributed by atoms with van der Waals surface area (Å²) in [6.07, 6.45) is 4.84. The summed E-state index contributed by atoms with van der Waals surface area (Å²) in [4.78, 5) is 45.6. The highest BCUT2D eigenvalue weighted by molar-refractivity contribution is 6.02. The van der Waals surface area contributed by atoms with Gasteiger partial charge in [-0.25, -0.2) is 23.8 Å². The minimum atomic E-state index is -0.664. The van der Waals surface area contributed by atoms with E-state index in [1.807, 2.05) is 13.1 Å². The summed E-state index contributed by atoms with van der Waals surface area (Å²) in [7, 11) is 3.40. The summed E-state index contributed by atoms with van der Waals surface area (Å²) in [5, 5.41) is 7.72. The number of anilines is 5. The fraction of sp³-hybridized carbons (Fsp3) is 0.394. The molecular weight excluding hydrogens is 610 g/mol. The van der Waals surface area contributed by atoms with Crippen molar-refractivity contribution >= 4 is 40.5 Å². The van der Waals surface area contributed by atoms with Gasteiger partial charge in [-0.3, -0.25) is 19.3 Å². The van der Waals surface area contributed by atoms with Gasteiger partial charge >= 0.3 is 0 Å². The second kappa shape index (κ2) is 13.9. The number of benzene rings is 2. The number of carbonyl (C=O) groups is 2. The SMILES string of the molecule is C=CC(=O)Nc1cc(Nc2cc(N3OCC[C@@H]3c3cc(F)cc(F)c3)ncn2)c(OC)cc1N1CCC(N2CCN(C)C(=O)C2)CC1. The Morgan fingerprint density at radius 3 is 2.49 bits per heavy atom. The number of nitrogens with one attached hydrogen (secondary N) is 2. The van der Waals surface area contributed by atoms with Crippen LogP contribution >= 0.6 is 0 Å². The lowest BCUT2D eigenvalue weighted by Gasteiger charge is -2.42. The highest BCUT2D eigenvalue weighted by Gasteiger charge is 2.32. The molecule has 2 N–H and O–H groups in total. The highest BCUT2D eigenvalue weighted by Crippen LogP contribution is 2.40. The first-order chi connectivity index (χ1) is 22.7. The quantitative estimate of drug-likeness (QED) is 0.327. The van der Waals surface area contributed by atoms with Crippen LogP contribution in [0.1, 0.15) is 30.9 Å². The average Bonchev–Trinajstić information content (AvgIpc) is 3.56. The first-order valence-electron chi connectivity index (χ1n) is 15.6. The summed E-state index contributed by atoms with van der Waals surface area (Å²) >= 11 is 0. The number of amides is 2. The molecule has 0 aliphatic carbocycles. The molecule has 0 bridgehead atoms. The molecule has 3 aliphatic heterocycles. The van der Waals surface area contributed by atoms with Crippen LogP contribution < -0.4 is 25.3 Å². The van der Waals surface area contributed by atoms with Gasteiger partial charge in [-0.15, -0.1) is 0 Å². The van der Waals surface area contributed by atoms with Gasteiger partial charge in [-0.05, 0) is 42.7 Å². The molecule has 4 heterocycles. The summed E-state index contributed by atoms with van der Waals surface area (Å²) in [6, 6.07) is 8.60. The molecule has 6 rings (SSSR count). The van der Waals surface area contributed by atoms with E-state index in [0.717, 1.165) is 50.8 Å². The van der Waals surface area contributed by atoms with Gasteiger partial charge in [0.25, 0.3) is 0 Å². The molecule has 1 aromatic heterocycles. The molecule has 3 aliphatic rings. The van der Waals surface area contributed by atoms with Crippen molar-refractivity contribution < 1.29 is 27.9 Å². The van der Waals surface area contributed by atoms with Crippen LogP contribution in [0.3, 0.4) is 0 Å². The Balaban J connectivity index is 1.23. The van der Waals surface area contributed by atoms with Gasteiger partial charge in [-0.1, -0.05) is 6.58 Å². The number of hydroxylamine groups is 1. The number of nitrogens with zero attached hydrogens (tertiary/aromatic N) is 6. The molecule has 0 spiro atoms. The average molecular weight is 649 g/mol. The summed E-state index contributed by atoms with van der Waals surface area (Å²) < 4.78 is 33.8. The number of halogens is 2. The van der Waals surface area contributed by atoms with Gasteiger partial charge in [0.1, 0.15) is 29.5 Å². The molecule has 47 heavy (non-hydrogen) atoms. The molecule has 3 saturated heterocycles. The van der Waals surface area contributed by atoms with Gasteiger partial charge in [0, 0.05) is 63.9 Å². The smallest absolute Gasteiger partial charge is 0.247 e. The minimum Gasteiger partial charge on any atom is -0.494 e. The van der Waals surface area contributed by atoms with Gasteiger partial charge in [-0.2, -0.15) is 0 Å². The van der Waals surface area contributed by atoms with Crippen molar-refractivity contribution in [2.24, 2.45) is 0 Å². The Morgan fingerprint density at radius 2 is 1.79 bits per heavy atom. The molecule has 0 radical (unpaired) electrons. The third-order valence-electron chi connectivity index (χ3n) is 8.88. The lowest BCUT2D eigenvalue weighted by atomic mass is 10.0. The molecule has 248 valence electrons. The summed E-state index contributed by atoms with van der Waals surface area (Å²) in [5.41, 5.74) is 2.34. The molecular formula is C33H38F2N8O4. The summed E-state index contributed by atoms with van der Waals surface area (Å²) in [6.45, 7) is 7.46. The van der Waals surface area contributed by atoms with Crippen molar-refractivity contribution in [2.45, 2.75) is 31.3 Å². The number of carbonyl (C=O) groups excluding carboxylic acids is 2. The lowest BCUT2D eigenvalue weighted by molar-refractivity contribution is -0.135. The van der Waals surface area contributed by atoms with Crippen molar-refractivity contribution in [1.82, 2.24) is 19.8 Å². The molecule has 2 aromatic carbocycles. The number of hydrogen-bond donors (Lipinski definition) is 2. The zero-order valence-corrected chi connectivity index (χ0v) is 26.4. The molecule has 14 heteroatoms. The lowest BCUT2D eigenvalue weighted by Crippen LogP contribution is -2.54. The van der Waals surface area contributed by atoms with Crippen LogP contribution in [0, 0.1) is 11.6 Å². The molecule has 0 unspecified atom stereocenters. The third-order valence-corrected chi connectivity index (χ3v) is 8.88. The Bertz CT molecular complexity index is 1630. The minimum absolute atomic E-state index is 0.145. The normalized spacial score (nSPS) is 19.2. The van der Waals surface area contributed by atoms with E-state index in [0.29, 0.717) is 59.9 Å². The van der Waals surface area contributed by atoms with Crippen LogP contribution in [0.25, 0.3) is 0 Å². The maximum absolute atomic E-state index is 14.0. The van der Waals surface area contributed by atoms with Gasteiger partial charge < -0.3 is 25.2 Å². The maximum atomic E-state index is 14.0. The Hall–Kier alpha value is -4.82. The van der Waals surface area contributed by atoms with E-state index < -0.39 is 17.7 Å². The van der Waals surface area contributed by atoms with Gasteiger partial charge in [0.15, 0.2) is 5.82 Å². The van der Waals surface area contributed by atoms with Crippen molar-refractivity contribution in [3.05, 3.63) is 72.6 Å². The number of rotatable bonds is 9. The fourth-order valence-corrected chi connectivity index (χ4v) is 6.38. The Kier molecular flexibility index (Phi) is 9.50. The number of methoxy groups -OCH3 is 1. The number of aromatic nitrogens is 2. The first-order valence-corrected chi connectivity index (χ1v) is 15.6. The van der Waals surface area contributed by atoms with E-state index >= 15 is 0 Å². The van der Waals surface area contributed by atoms with Gasteiger partial charge in [0.2, 0.25) is 11.8 Å². The van der Waals surface area contributed by atoms with Crippen molar-refractivity contribution in [3.8, 4) is 5.75 Å². The topological polar surface area (TPSA) is 115 Å². The first kappa shape index (κ1) is 32.1. The van der Waals surface area contributed by atoms with E-state index in [-0.39, 0.29) is 11.8 Å². The van der Waals surface area contributed by atoms with E-state index in [9.17, 15) is 18.4 Å². The van der Waals surface area contributed by atoms with Crippen LogP contribution in [0.4, 0.5) is 37.5 Å². The number of likely N-dealkylation sites (N-methyl/N-ethyl adjacent to an activating group) is 1. The number of piperidine rings is 1. The predicted molar refractivity (Wildman–Crippen MR) is 174 cm³/mol. The molecule has 12 nitrogen and oxygen atoms in total. The zero-order chi connectivity index (χ0) is 33.1. The van der Waals surface area contributed by atoms with Crippen LogP contribution in [0.15, 0.2) is 55.4 Å². The van der Waals surface area contributed by atoms with Crippen LogP contribution in [-0.2, 0) is 14.4 Å². The molecule has 3 aromatic rings. The highest BCUT2D eigenvalue weighted by atomic mass is 19.1. The molecule has 3 fully saturated rings.